The number of nitrogens with zero attached hydrogens (tertiary/aromatic N) is 2. The first-order valence-corrected chi connectivity index (χ1v) is 29.1. The Morgan fingerprint density at radius 2 is 0.524 bits per heavy atom. The standard InChI is InChI=1S/C80H48N2O2/c1-5-25-49(26-6-1)81(50-27-7-2-8-28-50)69-47-67-73(75-57-37-17-23-43-71(57)83-77(69)75)59-45-66-60(46-65(59)79(67)61-39-19-13-33-53(61)54-34-14-20-40-62(54)79)74-68(80(66)63-41-21-15-35-55(63)56-36-16-22-42-64(56)80)48-70(78-76(74)58-38-18-24-44-72(58)84-78)82(51-29-9-3-10-30-51)52-31-11-4-12-32-52/h1-48H. The minimum atomic E-state index is -0.760. The van der Waals surface area contributed by atoms with Gasteiger partial charge in [0.15, 0.2) is 11.2 Å². The van der Waals surface area contributed by atoms with E-state index in [1.165, 1.54) is 89.0 Å². The highest BCUT2D eigenvalue weighted by Crippen LogP contribution is 2.71. The molecule has 19 rings (SSSR count). The molecule has 390 valence electrons. The summed E-state index contributed by atoms with van der Waals surface area (Å²) in [4.78, 5) is 4.80. The van der Waals surface area contributed by atoms with Crippen LogP contribution in [0.25, 0.3) is 88.4 Å². The summed E-state index contributed by atoms with van der Waals surface area (Å²) in [6, 6.07) is 108. The minimum Gasteiger partial charge on any atom is -0.454 e. The van der Waals surface area contributed by atoms with Crippen molar-refractivity contribution in [1.82, 2.24) is 0 Å². The van der Waals surface area contributed by atoms with Crippen LogP contribution in [-0.4, -0.2) is 0 Å². The number of furan rings is 2. The normalized spacial score (nSPS) is 13.9. The van der Waals surface area contributed by atoms with Gasteiger partial charge in [0.2, 0.25) is 0 Å². The van der Waals surface area contributed by atoms with Crippen LogP contribution in [0.15, 0.2) is 300 Å². The average Bonchev–Trinajstić information content (AvgIpc) is 1.53. The molecule has 84 heavy (non-hydrogen) atoms. The summed E-state index contributed by atoms with van der Waals surface area (Å²) in [5, 5.41) is 4.39. The fraction of sp³-hybridized carbons (Fsp3) is 0.0250. The maximum absolute atomic E-state index is 7.40. The monoisotopic (exact) mass is 1070 g/mol. The minimum absolute atomic E-state index is 0.760. The summed E-state index contributed by atoms with van der Waals surface area (Å²) < 4.78 is 14.8. The van der Waals surface area contributed by atoms with Gasteiger partial charge in [-0.2, -0.15) is 0 Å². The summed E-state index contributed by atoms with van der Waals surface area (Å²) in [5.74, 6) is 0. The molecule has 0 amide bonds. The number of anilines is 6. The molecule has 2 spiro atoms. The first-order valence-electron chi connectivity index (χ1n) is 29.1. The quantitative estimate of drug-likeness (QED) is 0.166. The first-order chi connectivity index (χ1) is 41.7. The summed E-state index contributed by atoms with van der Waals surface area (Å²) in [5.41, 5.74) is 27.9. The van der Waals surface area contributed by atoms with Crippen molar-refractivity contribution in [3.63, 3.8) is 0 Å². The topological polar surface area (TPSA) is 32.8 Å². The van der Waals surface area contributed by atoms with Gasteiger partial charge in [-0.15, -0.1) is 0 Å². The molecule has 0 fully saturated rings. The molecule has 4 aliphatic rings. The molecule has 0 radical (unpaired) electrons. The van der Waals surface area contributed by atoms with Crippen LogP contribution in [-0.2, 0) is 10.8 Å². The molecular formula is C80H48N2O2. The lowest BCUT2D eigenvalue weighted by Crippen LogP contribution is -2.27. The molecule has 13 aromatic carbocycles. The van der Waals surface area contributed by atoms with Gasteiger partial charge in [0.25, 0.3) is 0 Å². The maximum atomic E-state index is 7.40. The van der Waals surface area contributed by atoms with Crippen molar-refractivity contribution in [2.24, 2.45) is 0 Å². The molecule has 15 aromatic rings. The average molecular weight is 1070 g/mol. The number of fused-ring (bicyclic) bond motifs is 28. The zero-order chi connectivity index (χ0) is 54.8. The molecule has 2 aromatic heterocycles. The van der Waals surface area contributed by atoms with Gasteiger partial charge in [-0.25, -0.2) is 0 Å². The lowest BCUT2D eigenvalue weighted by atomic mass is 9.68. The molecule has 4 heteroatoms. The fourth-order valence-corrected chi connectivity index (χ4v) is 16.0. The van der Waals surface area contributed by atoms with E-state index in [-0.39, 0.29) is 0 Å². The van der Waals surface area contributed by atoms with Crippen molar-refractivity contribution < 1.29 is 8.83 Å². The third-order valence-electron chi connectivity index (χ3n) is 19.0. The second-order valence-corrected chi connectivity index (χ2v) is 22.9. The lowest BCUT2D eigenvalue weighted by Gasteiger charge is -2.33. The van der Waals surface area contributed by atoms with Crippen LogP contribution in [0.3, 0.4) is 0 Å². The van der Waals surface area contributed by atoms with Crippen LogP contribution >= 0.6 is 0 Å². The van der Waals surface area contributed by atoms with E-state index in [1.54, 1.807) is 0 Å². The van der Waals surface area contributed by atoms with Gasteiger partial charge in [0.05, 0.1) is 22.2 Å². The largest absolute Gasteiger partial charge is 0.454 e. The fourth-order valence-electron chi connectivity index (χ4n) is 16.0. The first kappa shape index (κ1) is 45.8. The van der Waals surface area contributed by atoms with Crippen molar-refractivity contribution in [3.05, 3.63) is 336 Å². The highest BCUT2D eigenvalue weighted by molar-refractivity contribution is 6.23. The number of hydrogen-bond acceptors (Lipinski definition) is 4. The molecule has 4 nitrogen and oxygen atoms in total. The van der Waals surface area contributed by atoms with Crippen LogP contribution in [0.1, 0.15) is 44.5 Å². The van der Waals surface area contributed by atoms with Crippen LogP contribution < -0.4 is 9.80 Å². The molecular weight excluding hydrogens is 1020 g/mol. The molecule has 2 heterocycles. The van der Waals surface area contributed by atoms with Gasteiger partial charge in [0, 0.05) is 44.3 Å². The summed E-state index contributed by atoms with van der Waals surface area (Å²) in [6.07, 6.45) is 0. The van der Waals surface area contributed by atoms with E-state index in [2.05, 4.69) is 301 Å². The summed E-state index contributed by atoms with van der Waals surface area (Å²) in [7, 11) is 0. The number of benzene rings is 13. The summed E-state index contributed by atoms with van der Waals surface area (Å²) in [6.45, 7) is 0. The Hall–Kier alpha value is -10.9. The Bertz CT molecular complexity index is 4770. The molecule has 0 saturated heterocycles. The summed E-state index contributed by atoms with van der Waals surface area (Å²) >= 11 is 0. The van der Waals surface area contributed by atoms with Gasteiger partial charge in [-0.3, -0.25) is 0 Å². The van der Waals surface area contributed by atoms with Crippen molar-refractivity contribution in [3.8, 4) is 44.5 Å². The van der Waals surface area contributed by atoms with Gasteiger partial charge < -0.3 is 18.6 Å². The zero-order valence-corrected chi connectivity index (χ0v) is 45.4. The molecule has 0 unspecified atom stereocenters. The Balaban J connectivity index is 1.02. The van der Waals surface area contributed by atoms with E-state index in [9.17, 15) is 0 Å². The van der Waals surface area contributed by atoms with Crippen molar-refractivity contribution in [2.45, 2.75) is 10.8 Å². The van der Waals surface area contributed by atoms with Gasteiger partial charge in [-0.1, -0.05) is 206 Å². The van der Waals surface area contributed by atoms with Crippen LogP contribution in [0.2, 0.25) is 0 Å². The maximum Gasteiger partial charge on any atom is 0.160 e. The Kier molecular flexibility index (Phi) is 9.16. The Morgan fingerprint density at radius 1 is 0.238 bits per heavy atom. The molecule has 0 saturated carbocycles. The van der Waals surface area contributed by atoms with Crippen LogP contribution in [0, 0.1) is 0 Å². The number of para-hydroxylation sites is 6. The van der Waals surface area contributed by atoms with E-state index in [1.807, 2.05) is 0 Å². The van der Waals surface area contributed by atoms with E-state index >= 15 is 0 Å². The molecule has 0 atom stereocenters. The molecule has 0 bridgehead atoms. The highest BCUT2D eigenvalue weighted by Gasteiger charge is 2.58. The van der Waals surface area contributed by atoms with E-state index in [0.29, 0.717) is 0 Å². The van der Waals surface area contributed by atoms with E-state index in [4.69, 9.17) is 8.83 Å². The van der Waals surface area contributed by atoms with E-state index < -0.39 is 10.8 Å². The number of hydrogen-bond donors (Lipinski definition) is 0. The van der Waals surface area contributed by atoms with Crippen molar-refractivity contribution in [2.75, 3.05) is 9.80 Å². The molecule has 0 N–H and O–H groups in total. The molecule has 0 aliphatic heterocycles. The van der Waals surface area contributed by atoms with Gasteiger partial charge >= 0.3 is 0 Å². The lowest BCUT2D eigenvalue weighted by molar-refractivity contribution is 0.668. The van der Waals surface area contributed by atoms with Crippen molar-refractivity contribution in [1.29, 1.82) is 0 Å². The van der Waals surface area contributed by atoms with Crippen molar-refractivity contribution >= 4 is 78.0 Å². The zero-order valence-electron chi connectivity index (χ0n) is 45.4. The predicted octanol–water partition coefficient (Wildman–Crippen LogP) is 21.1. The smallest absolute Gasteiger partial charge is 0.160 e. The SMILES string of the molecule is c1ccc(N(c2ccccc2)c2cc3c(c4c2oc2ccccc24)-c2cc4c(cc2C32c3ccccc3-c3ccccc32)-c2c(cc(N(c3ccccc3)c3ccccc3)c3oc5ccccc5c23)C42c3ccccc3-c3ccccc32)cc1. The number of rotatable bonds is 6. The second kappa shape index (κ2) is 16.8. The highest BCUT2D eigenvalue weighted by atomic mass is 16.3. The molecule has 4 aliphatic carbocycles. The third-order valence-corrected chi connectivity index (χ3v) is 19.0. The van der Waals surface area contributed by atoms with Gasteiger partial charge in [0.1, 0.15) is 11.2 Å². The van der Waals surface area contributed by atoms with Gasteiger partial charge in [-0.05, 0) is 174 Å². The predicted molar refractivity (Wildman–Crippen MR) is 343 cm³/mol. The Labute approximate surface area is 485 Å². The Morgan fingerprint density at radius 3 is 0.857 bits per heavy atom. The van der Waals surface area contributed by atoms with E-state index in [0.717, 1.165) is 78.0 Å². The van der Waals surface area contributed by atoms with Crippen LogP contribution in [0.5, 0.6) is 0 Å². The van der Waals surface area contributed by atoms with Crippen LogP contribution in [0.4, 0.5) is 34.1 Å². The third kappa shape index (κ3) is 5.71. The second-order valence-electron chi connectivity index (χ2n) is 22.9.